The van der Waals surface area contributed by atoms with Crippen LogP contribution in [0.3, 0.4) is 0 Å². The van der Waals surface area contributed by atoms with Crippen molar-refractivity contribution in [3.8, 4) is 6.07 Å². The second kappa shape index (κ2) is 5.77. The molecule has 0 aromatic rings. The fourth-order valence-corrected chi connectivity index (χ4v) is 1.51. The first-order valence-corrected chi connectivity index (χ1v) is 4.82. The average molecular weight is 164 g/mol. The van der Waals surface area contributed by atoms with Gasteiger partial charge in [0.2, 0.25) is 0 Å². The van der Waals surface area contributed by atoms with Gasteiger partial charge in [-0.15, -0.1) is 0 Å². The zero-order valence-electron chi connectivity index (χ0n) is 7.55. The van der Waals surface area contributed by atoms with E-state index in [0.29, 0.717) is 6.42 Å². The quantitative estimate of drug-likeness (QED) is 0.591. The van der Waals surface area contributed by atoms with Gasteiger partial charge in [0, 0.05) is 18.7 Å². The Morgan fingerprint density at radius 3 is 2.67 bits per heavy atom. The first-order valence-electron chi connectivity index (χ1n) is 4.82. The molecule has 66 valence electrons. The van der Waals surface area contributed by atoms with Crippen LogP contribution in [0.4, 0.5) is 0 Å². The molecule has 1 fully saturated rings. The maximum Gasteiger partial charge on any atom is 0.0622 e. The van der Waals surface area contributed by atoms with Crippen molar-refractivity contribution in [3.63, 3.8) is 0 Å². The number of hydrogen-bond donors (Lipinski definition) is 0. The van der Waals surface area contributed by atoms with E-state index in [0.717, 1.165) is 13.0 Å². The summed E-state index contributed by atoms with van der Waals surface area (Å²) in [5.74, 6) is 0. The lowest BCUT2D eigenvalue weighted by Crippen LogP contribution is -2.05. The number of hydrogen-bond acceptors (Lipinski definition) is 2. The summed E-state index contributed by atoms with van der Waals surface area (Å²) in [5.41, 5.74) is 1.39. The second-order valence-electron chi connectivity index (χ2n) is 3.27. The zero-order chi connectivity index (χ0) is 8.65. The lowest BCUT2D eigenvalue weighted by Gasteiger charge is -2.11. The van der Waals surface area contributed by atoms with Crippen molar-refractivity contribution in [2.24, 2.45) is 4.99 Å². The standard InChI is InChI=1S/C10H16N2/c11-8-4-5-9-12-10-6-2-1-3-7-10/h1-7,9H2. The molecule has 0 aliphatic heterocycles. The van der Waals surface area contributed by atoms with Gasteiger partial charge in [-0.25, -0.2) is 0 Å². The summed E-state index contributed by atoms with van der Waals surface area (Å²) in [7, 11) is 0. The molecule has 0 atom stereocenters. The number of aliphatic imine (C=N–C) groups is 1. The van der Waals surface area contributed by atoms with Crippen LogP contribution in [-0.4, -0.2) is 12.3 Å². The van der Waals surface area contributed by atoms with Crippen molar-refractivity contribution >= 4 is 5.71 Å². The van der Waals surface area contributed by atoms with Gasteiger partial charge in [0.05, 0.1) is 6.07 Å². The van der Waals surface area contributed by atoms with E-state index in [1.54, 1.807) is 0 Å². The molecule has 1 aliphatic carbocycles. The van der Waals surface area contributed by atoms with Crippen molar-refractivity contribution in [1.82, 2.24) is 0 Å². The second-order valence-corrected chi connectivity index (χ2v) is 3.27. The largest absolute Gasteiger partial charge is 0.294 e. The molecule has 0 N–H and O–H groups in total. The van der Waals surface area contributed by atoms with E-state index in [-0.39, 0.29) is 0 Å². The van der Waals surface area contributed by atoms with Gasteiger partial charge in [-0.2, -0.15) is 5.26 Å². The monoisotopic (exact) mass is 164 g/mol. The van der Waals surface area contributed by atoms with Gasteiger partial charge < -0.3 is 0 Å². The van der Waals surface area contributed by atoms with Crippen LogP contribution in [-0.2, 0) is 0 Å². The van der Waals surface area contributed by atoms with Crippen LogP contribution >= 0.6 is 0 Å². The third-order valence-corrected chi connectivity index (χ3v) is 2.21. The molecule has 2 nitrogen and oxygen atoms in total. The van der Waals surface area contributed by atoms with Crippen LogP contribution in [0, 0.1) is 11.3 Å². The highest BCUT2D eigenvalue weighted by atomic mass is 14.7. The Labute approximate surface area is 74.3 Å². The summed E-state index contributed by atoms with van der Waals surface area (Å²) >= 11 is 0. The molecule has 12 heavy (non-hydrogen) atoms. The molecule has 1 aliphatic rings. The average Bonchev–Trinajstić information content (AvgIpc) is 2.14. The molecule has 0 bridgehead atoms. The normalized spacial score (nSPS) is 17.1. The first kappa shape index (κ1) is 9.25. The molecule has 0 heterocycles. The van der Waals surface area contributed by atoms with E-state index < -0.39 is 0 Å². The molecule has 0 aromatic carbocycles. The highest BCUT2D eigenvalue weighted by Crippen LogP contribution is 2.14. The van der Waals surface area contributed by atoms with Crippen LogP contribution in [0.5, 0.6) is 0 Å². The van der Waals surface area contributed by atoms with Gasteiger partial charge in [0.1, 0.15) is 0 Å². The van der Waals surface area contributed by atoms with Crippen molar-refractivity contribution in [3.05, 3.63) is 0 Å². The minimum Gasteiger partial charge on any atom is -0.294 e. The number of unbranched alkanes of at least 4 members (excludes halogenated alkanes) is 1. The summed E-state index contributed by atoms with van der Waals surface area (Å²) in [5, 5.41) is 8.30. The van der Waals surface area contributed by atoms with E-state index in [1.165, 1.54) is 37.8 Å². The smallest absolute Gasteiger partial charge is 0.0622 e. The number of nitriles is 1. The van der Waals surface area contributed by atoms with Crippen LogP contribution in [0.2, 0.25) is 0 Å². The summed E-state index contributed by atoms with van der Waals surface area (Å²) in [6, 6.07) is 2.14. The summed E-state index contributed by atoms with van der Waals surface area (Å²) in [4.78, 5) is 4.49. The summed E-state index contributed by atoms with van der Waals surface area (Å²) in [6.07, 6.45) is 7.99. The first-order chi connectivity index (χ1) is 5.93. The van der Waals surface area contributed by atoms with Gasteiger partial charge in [-0.1, -0.05) is 6.42 Å². The molecule has 0 aromatic heterocycles. The van der Waals surface area contributed by atoms with Gasteiger partial charge in [0.25, 0.3) is 0 Å². The maximum atomic E-state index is 8.30. The van der Waals surface area contributed by atoms with Crippen molar-refractivity contribution in [2.45, 2.75) is 44.9 Å². The van der Waals surface area contributed by atoms with E-state index in [4.69, 9.17) is 5.26 Å². The molecular weight excluding hydrogens is 148 g/mol. The van der Waals surface area contributed by atoms with Gasteiger partial charge in [-0.3, -0.25) is 4.99 Å². The van der Waals surface area contributed by atoms with Crippen molar-refractivity contribution < 1.29 is 0 Å². The highest BCUT2D eigenvalue weighted by Gasteiger charge is 2.05. The van der Waals surface area contributed by atoms with Crippen LogP contribution < -0.4 is 0 Å². The Hall–Kier alpha value is -0.840. The molecule has 0 amide bonds. The molecule has 1 rings (SSSR count). The van der Waals surface area contributed by atoms with E-state index in [2.05, 4.69) is 11.1 Å². The lowest BCUT2D eigenvalue weighted by molar-refractivity contribution is 0.661. The van der Waals surface area contributed by atoms with E-state index in [9.17, 15) is 0 Å². The predicted octanol–water partition coefficient (Wildman–Crippen LogP) is 2.70. The Bertz CT molecular complexity index is 181. The molecular formula is C10H16N2. The van der Waals surface area contributed by atoms with Crippen molar-refractivity contribution in [2.75, 3.05) is 6.54 Å². The molecule has 0 saturated heterocycles. The SMILES string of the molecule is N#CCCCN=C1CCCCC1. The lowest BCUT2D eigenvalue weighted by atomic mass is 9.98. The van der Waals surface area contributed by atoms with Crippen LogP contribution in [0.1, 0.15) is 44.9 Å². The Balaban J connectivity index is 2.13. The predicted molar refractivity (Wildman–Crippen MR) is 50.2 cm³/mol. The summed E-state index contributed by atoms with van der Waals surface area (Å²) < 4.78 is 0. The molecule has 0 unspecified atom stereocenters. The van der Waals surface area contributed by atoms with E-state index in [1.807, 2.05) is 0 Å². The highest BCUT2D eigenvalue weighted by molar-refractivity contribution is 5.84. The minimum atomic E-state index is 0.650. The summed E-state index contributed by atoms with van der Waals surface area (Å²) in [6.45, 7) is 0.864. The van der Waals surface area contributed by atoms with Gasteiger partial charge in [0.15, 0.2) is 0 Å². The fraction of sp³-hybridized carbons (Fsp3) is 0.800. The fourth-order valence-electron chi connectivity index (χ4n) is 1.51. The Morgan fingerprint density at radius 1 is 1.25 bits per heavy atom. The van der Waals surface area contributed by atoms with E-state index >= 15 is 0 Å². The zero-order valence-corrected chi connectivity index (χ0v) is 7.55. The molecule has 1 saturated carbocycles. The number of rotatable bonds is 3. The van der Waals surface area contributed by atoms with Crippen LogP contribution in [0.15, 0.2) is 4.99 Å². The molecule has 0 spiro atoms. The van der Waals surface area contributed by atoms with Gasteiger partial charge in [-0.05, 0) is 32.1 Å². The minimum absolute atomic E-state index is 0.650. The number of nitrogens with zero attached hydrogens (tertiary/aromatic N) is 2. The Kier molecular flexibility index (Phi) is 4.44. The van der Waals surface area contributed by atoms with Gasteiger partial charge >= 0.3 is 0 Å². The van der Waals surface area contributed by atoms with Crippen LogP contribution in [0.25, 0.3) is 0 Å². The Morgan fingerprint density at radius 2 is 2.00 bits per heavy atom. The third-order valence-electron chi connectivity index (χ3n) is 2.21. The van der Waals surface area contributed by atoms with Crippen molar-refractivity contribution in [1.29, 1.82) is 5.26 Å². The maximum absolute atomic E-state index is 8.30. The molecule has 2 heteroatoms. The topological polar surface area (TPSA) is 36.1 Å². The third kappa shape index (κ3) is 3.52. The molecule has 0 radical (unpaired) electrons.